The van der Waals surface area contributed by atoms with Crippen LogP contribution in [0.1, 0.15) is 11.7 Å². The third-order valence-corrected chi connectivity index (χ3v) is 4.77. The summed E-state index contributed by atoms with van der Waals surface area (Å²) in [5.74, 6) is 0. The maximum atomic E-state index is 12.8. The largest absolute Gasteiger partial charge is 0.387 e. The van der Waals surface area contributed by atoms with Crippen molar-refractivity contribution in [3.05, 3.63) is 93.4 Å². The summed E-state index contributed by atoms with van der Waals surface area (Å²) in [7, 11) is 0. The second-order valence-corrected chi connectivity index (χ2v) is 6.97. The van der Waals surface area contributed by atoms with E-state index in [4.69, 9.17) is 0 Å². The van der Waals surface area contributed by atoms with E-state index in [0.29, 0.717) is 5.52 Å². The predicted octanol–water partition coefficient (Wildman–Crippen LogP) is 3.66. The standard InChI is InChI=1S/C20H16BrN3O2/c21-16-8-4-7-15(11-16)17-12-18-20(26)23(9-10-24(18)22-17)13-19(25)14-5-2-1-3-6-14/h1-12,19,25H,13H2/t19-/m1/s1. The van der Waals surface area contributed by atoms with E-state index in [1.54, 1.807) is 23.0 Å². The molecule has 2 aromatic carbocycles. The van der Waals surface area contributed by atoms with E-state index >= 15 is 0 Å². The zero-order valence-corrected chi connectivity index (χ0v) is 15.4. The van der Waals surface area contributed by atoms with Gasteiger partial charge in [-0.15, -0.1) is 0 Å². The molecule has 0 saturated carbocycles. The number of fused-ring (bicyclic) bond motifs is 1. The van der Waals surface area contributed by atoms with Gasteiger partial charge in [-0.05, 0) is 23.8 Å². The molecule has 4 rings (SSSR count). The summed E-state index contributed by atoms with van der Waals surface area (Å²) in [6.07, 6.45) is 2.64. The summed E-state index contributed by atoms with van der Waals surface area (Å²) in [5.41, 5.74) is 2.73. The van der Waals surface area contributed by atoms with Gasteiger partial charge in [0.05, 0.1) is 18.3 Å². The first-order valence-corrected chi connectivity index (χ1v) is 8.99. The predicted molar refractivity (Wildman–Crippen MR) is 104 cm³/mol. The van der Waals surface area contributed by atoms with Crippen LogP contribution in [0.5, 0.6) is 0 Å². The lowest BCUT2D eigenvalue weighted by molar-refractivity contribution is 0.155. The lowest BCUT2D eigenvalue weighted by Gasteiger charge is -2.13. The van der Waals surface area contributed by atoms with Gasteiger partial charge in [0.25, 0.3) is 5.56 Å². The van der Waals surface area contributed by atoms with Crippen molar-refractivity contribution in [2.45, 2.75) is 12.6 Å². The van der Waals surface area contributed by atoms with Crippen molar-refractivity contribution in [1.82, 2.24) is 14.2 Å². The van der Waals surface area contributed by atoms with Gasteiger partial charge in [-0.1, -0.05) is 58.4 Å². The van der Waals surface area contributed by atoms with Crippen LogP contribution >= 0.6 is 15.9 Å². The third kappa shape index (κ3) is 3.21. The third-order valence-electron chi connectivity index (χ3n) is 4.28. The monoisotopic (exact) mass is 409 g/mol. The summed E-state index contributed by atoms with van der Waals surface area (Å²) in [6.45, 7) is 0.191. The van der Waals surface area contributed by atoms with Gasteiger partial charge in [0.1, 0.15) is 5.52 Å². The van der Waals surface area contributed by atoms with Crippen LogP contribution in [0.4, 0.5) is 0 Å². The van der Waals surface area contributed by atoms with Gasteiger partial charge in [0.2, 0.25) is 0 Å². The van der Waals surface area contributed by atoms with Crippen molar-refractivity contribution >= 4 is 21.4 Å². The van der Waals surface area contributed by atoms with Gasteiger partial charge in [-0.25, -0.2) is 4.52 Å². The quantitative estimate of drug-likeness (QED) is 0.559. The smallest absolute Gasteiger partial charge is 0.276 e. The van der Waals surface area contributed by atoms with Gasteiger partial charge in [-0.3, -0.25) is 4.79 Å². The van der Waals surface area contributed by atoms with Crippen molar-refractivity contribution in [3.8, 4) is 11.3 Å². The molecule has 130 valence electrons. The number of rotatable bonds is 4. The molecule has 4 aromatic rings. The highest BCUT2D eigenvalue weighted by Crippen LogP contribution is 2.22. The number of halogens is 1. The van der Waals surface area contributed by atoms with E-state index in [1.807, 2.05) is 54.6 Å². The Bertz CT molecular complexity index is 1120. The Morgan fingerprint density at radius 2 is 1.85 bits per heavy atom. The number of aliphatic hydroxyl groups is 1. The summed E-state index contributed by atoms with van der Waals surface area (Å²) in [5, 5.41) is 14.9. The maximum absolute atomic E-state index is 12.8. The lowest BCUT2D eigenvalue weighted by atomic mass is 10.1. The molecule has 0 spiro atoms. The molecule has 1 atom stereocenters. The van der Waals surface area contributed by atoms with Gasteiger partial charge < -0.3 is 9.67 Å². The molecule has 0 radical (unpaired) electrons. The second kappa shape index (κ2) is 6.90. The Hall–Kier alpha value is -2.70. The van der Waals surface area contributed by atoms with Crippen LogP contribution in [0.2, 0.25) is 0 Å². The normalized spacial score (nSPS) is 12.4. The Labute approximate surface area is 158 Å². The summed E-state index contributed by atoms with van der Waals surface area (Å²) in [6, 6.07) is 18.9. The fourth-order valence-corrected chi connectivity index (χ4v) is 3.33. The van der Waals surface area contributed by atoms with Crippen LogP contribution in [0.3, 0.4) is 0 Å². The molecule has 0 bridgehead atoms. The van der Waals surface area contributed by atoms with Crippen molar-refractivity contribution in [2.75, 3.05) is 0 Å². The van der Waals surface area contributed by atoms with E-state index in [0.717, 1.165) is 21.3 Å². The van der Waals surface area contributed by atoms with E-state index in [-0.39, 0.29) is 12.1 Å². The molecule has 0 saturated heterocycles. The summed E-state index contributed by atoms with van der Waals surface area (Å²) >= 11 is 3.45. The highest BCUT2D eigenvalue weighted by Gasteiger charge is 2.13. The molecule has 0 aliphatic heterocycles. The van der Waals surface area contributed by atoms with Gasteiger partial charge in [0, 0.05) is 22.4 Å². The van der Waals surface area contributed by atoms with Crippen LogP contribution in [0, 0.1) is 0 Å². The van der Waals surface area contributed by atoms with Crippen molar-refractivity contribution < 1.29 is 5.11 Å². The Kier molecular flexibility index (Phi) is 4.44. The summed E-state index contributed by atoms with van der Waals surface area (Å²) < 4.78 is 4.04. The van der Waals surface area contributed by atoms with Crippen LogP contribution in [0.15, 0.2) is 82.3 Å². The van der Waals surface area contributed by atoms with Gasteiger partial charge in [0.15, 0.2) is 0 Å². The number of hydrogen-bond acceptors (Lipinski definition) is 3. The van der Waals surface area contributed by atoms with E-state index < -0.39 is 6.10 Å². The van der Waals surface area contributed by atoms with Crippen molar-refractivity contribution in [1.29, 1.82) is 0 Å². The molecule has 0 fully saturated rings. The molecule has 0 aliphatic rings. The highest BCUT2D eigenvalue weighted by molar-refractivity contribution is 9.10. The maximum Gasteiger partial charge on any atom is 0.276 e. The number of aliphatic hydroxyl groups excluding tert-OH is 1. The fraction of sp³-hybridized carbons (Fsp3) is 0.100. The molecule has 5 nitrogen and oxygen atoms in total. The molecular weight excluding hydrogens is 394 g/mol. The number of aromatic nitrogens is 3. The van der Waals surface area contributed by atoms with Crippen LogP contribution in [-0.4, -0.2) is 19.3 Å². The van der Waals surface area contributed by atoms with E-state index in [1.165, 1.54) is 4.57 Å². The molecule has 0 amide bonds. The Balaban J connectivity index is 1.70. The number of hydrogen-bond donors (Lipinski definition) is 1. The van der Waals surface area contributed by atoms with Crippen LogP contribution in [0.25, 0.3) is 16.8 Å². The van der Waals surface area contributed by atoms with Gasteiger partial charge >= 0.3 is 0 Å². The summed E-state index contributed by atoms with van der Waals surface area (Å²) in [4.78, 5) is 12.8. The first-order valence-electron chi connectivity index (χ1n) is 8.19. The van der Waals surface area contributed by atoms with E-state index in [2.05, 4.69) is 21.0 Å². The fourth-order valence-electron chi connectivity index (χ4n) is 2.93. The molecule has 6 heteroatoms. The lowest BCUT2D eigenvalue weighted by Crippen LogP contribution is -2.24. The minimum atomic E-state index is -0.746. The Morgan fingerprint density at radius 3 is 2.62 bits per heavy atom. The number of nitrogens with zero attached hydrogens (tertiary/aromatic N) is 3. The Morgan fingerprint density at radius 1 is 1.04 bits per heavy atom. The molecule has 2 aromatic heterocycles. The average Bonchev–Trinajstić information content (AvgIpc) is 3.10. The molecule has 2 heterocycles. The zero-order chi connectivity index (χ0) is 18.1. The molecule has 26 heavy (non-hydrogen) atoms. The minimum absolute atomic E-state index is 0.184. The molecule has 0 aliphatic carbocycles. The van der Waals surface area contributed by atoms with Crippen LogP contribution < -0.4 is 5.56 Å². The van der Waals surface area contributed by atoms with Gasteiger partial charge in [-0.2, -0.15) is 5.10 Å². The average molecular weight is 410 g/mol. The molecule has 1 N–H and O–H groups in total. The minimum Gasteiger partial charge on any atom is -0.387 e. The topological polar surface area (TPSA) is 59.5 Å². The van der Waals surface area contributed by atoms with Crippen molar-refractivity contribution in [3.63, 3.8) is 0 Å². The van der Waals surface area contributed by atoms with E-state index in [9.17, 15) is 9.90 Å². The SMILES string of the molecule is O=c1c2cc(-c3cccc(Br)c3)nn2ccn1C[C@@H](O)c1ccccc1. The zero-order valence-electron chi connectivity index (χ0n) is 13.8. The number of benzene rings is 2. The highest BCUT2D eigenvalue weighted by atomic mass is 79.9. The van der Waals surface area contributed by atoms with Crippen LogP contribution in [-0.2, 0) is 6.54 Å². The molecular formula is C20H16BrN3O2. The first kappa shape index (κ1) is 16.8. The van der Waals surface area contributed by atoms with Crippen molar-refractivity contribution in [2.24, 2.45) is 0 Å². The second-order valence-electron chi connectivity index (χ2n) is 6.05. The first-order chi connectivity index (χ1) is 12.6. The molecule has 0 unspecified atom stereocenters.